The third kappa shape index (κ3) is 1.39. The summed E-state index contributed by atoms with van der Waals surface area (Å²) in [4.78, 5) is 3.18. The molecule has 0 amide bonds. The molecule has 0 N–H and O–H groups in total. The van der Waals surface area contributed by atoms with Crippen molar-refractivity contribution in [3.8, 4) is 0 Å². The molecule has 8 atom stereocenters. The fraction of sp³-hybridized carbons (Fsp3) is 1.00. The molecule has 0 radical (unpaired) electrons. The highest BCUT2D eigenvalue weighted by atomic mass is 15.3. The van der Waals surface area contributed by atoms with Gasteiger partial charge in [0.25, 0.3) is 0 Å². The van der Waals surface area contributed by atoms with Gasteiger partial charge in [0.05, 0.1) is 0 Å². The average molecular weight is 302 g/mol. The van der Waals surface area contributed by atoms with Crippen molar-refractivity contribution >= 4 is 0 Å². The smallest absolute Gasteiger partial charge is 0.0247 e. The average Bonchev–Trinajstić information content (AvgIpc) is 2.94. The van der Waals surface area contributed by atoms with Crippen molar-refractivity contribution < 1.29 is 0 Å². The zero-order valence-electron chi connectivity index (χ0n) is 15.0. The maximum Gasteiger partial charge on any atom is 0.0247 e. The summed E-state index contributed by atoms with van der Waals surface area (Å²) in [5.74, 6) is 5.10. The van der Waals surface area contributed by atoms with Gasteiger partial charge in [0, 0.05) is 18.1 Å². The second-order valence-electron chi connectivity index (χ2n) is 9.90. The van der Waals surface area contributed by atoms with Crippen molar-refractivity contribution in [2.45, 2.75) is 90.1 Å². The van der Waals surface area contributed by atoms with E-state index in [1.165, 1.54) is 25.8 Å². The number of fused-ring (bicyclic) bond motifs is 2. The van der Waals surface area contributed by atoms with E-state index >= 15 is 0 Å². The molecule has 1 nitrogen and oxygen atoms in total. The van der Waals surface area contributed by atoms with Crippen LogP contribution in [0.15, 0.2) is 0 Å². The van der Waals surface area contributed by atoms with Gasteiger partial charge in [-0.15, -0.1) is 0 Å². The second-order valence-corrected chi connectivity index (χ2v) is 9.90. The molecular weight excluding hydrogens is 266 g/mol. The fourth-order valence-electron chi connectivity index (χ4n) is 9.01. The molecule has 2 saturated carbocycles. The van der Waals surface area contributed by atoms with E-state index in [-0.39, 0.29) is 0 Å². The highest BCUT2D eigenvalue weighted by molar-refractivity contribution is 5.27. The summed E-state index contributed by atoms with van der Waals surface area (Å²) < 4.78 is 0. The monoisotopic (exact) mass is 301 g/mol. The van der Waals surface area contributed by atoms with Crippen molar-refractivity contribution in [1.29, 1.82) is 0 Å². The first-order valence-electron chi connectivity index (χ1n) is 10.4. The van der Waals surface area contributed by atoms with E-state index < -0.39 is 0 Å². The van der Waals surface area contributed by atoms with Crippen LogP contribution >= 0.6 is 0 Å². The summed E-state index contributed by atoms with van der Waals surface area (Å²) >= 11 is 0. The fourth-order valence-corrected chi connectivity index (χ4v) is 9.01. The zero-order chi connectivity index (χ0) is 15.1. The minimum atomic E-state index is 0.669. The van der Waals surface area contributed by atoms with E-state index in [4.69, 9.17) is 0 Å². The molecule has 1 spiro atoms. The van der Waals surface area contributed by atoms with Gasteiger partial charge in [0.1, 0.15) is 0 Å². The Morgan fingerprint density at radius 2 is 1.95 bits per heavy atom. The number of piperidine rings is 2. The van der Waals surface area contributed by atoms with E-state index in [1.54, 1.807) is 38.5 Å². The second kappa shape index (κ2) is 4.52. The molecule has 0 aromatic heterocycles. The lowest BCUT2D eigenvalue weighted by molar-refractivity contribution is -0.129. The van der Waals surface area contributed by atoms with E-state index in [9.17, 15) is 0 Å². The Labute approximate surface area is 137 Å². The van der Waals surface area contributed by atoms with Gasteiger partial charge >= 0.3 is 0 Å². The number of nitrogens with zero attached hydrogens (tertiary/aromatic N) is 1. The van der Waals surface area contributed by atoms with Crippen LogP contribution in [0.2, 0.25) is 0 Å². The van der Waals surface area contributed by atoms with Crippen molar-refractivity contribution in [2.24, 2.45) is 35.0 Å². The largest absolute Gasteiger partial charge is 0.293 e. The SMILES string of the molecule is CCCC12[C@@H]3[C@@H](C(C)C)CC[C@H]1[C@@H]1CC[C@@]4(CCC[C@@H]24)N3C1. The van der Waals surface area contributed by atoms with Crippen molar-refractivity contribution in [3.63, 3.8) is 0 Å². The quantitative estimate of drug-likeness (QED) is 0.701. The molecule has 2 unspecified atom stereocenters. The summed E-state index contributed by atoms with van der Waals surface area (Å²) in [6, 6.07) is 0.966. The topological polar surface area (TPSA) is 3.24 Å². The molecular formula is C21H35N. The maximum atomic E-state index is 3.18. The van der Waals surface area contributed by atoms with E-state index in [0.29, 0.717) is 5.54 Å². The van der Waals surface area contributed by atoms with E-state index in [2.05, 4.69) is 25.7 Å². The Kier molecular flexibility index (Phi) is 2.94. The molecule has 5 fully saturated rings. The minimum Gasteiger partial charge on any atom is -0.293 e. The molecule has 1 heteroatoms. The predicted octanol–water partition coefficient (Wildman–Crippen LogP) is 5.10. The Bertz CT molecular complexity index is 471. The molecule has 22 heavy (non-hydrogen) atoms. The molecule has 0 aromatic rings. The Morgan fingerprint density at radius 3 is 2.73 bits per heavy atom. The Hall–Kier alpha value is -0.0400. The predicted molar refractivity (Wildman–Crippen MR) is 91.7 cm³/mol. The van der Waals surface area contributed by atoms with Gasteiger partial charge < -0.3 is 0 Å². The first-order chi connectivity index (χ1) is 10.6. The maximum absolute atomic E-state index is 3.18. The lowest BCUT2D eigenvalue weighted by Crippen LogP contribution is -2.64. The number of hydrogen-bond acceptors (Lipinski definition) is 1. The zero-order valence-corrected chi connectivity index (χ0v) is 15.0. The summed E-state index contributed by atoms with van der Waals surface area (Å²) in [7, 11) is 0. The molecule has 3 aliphatic heterocycles. The van der Waals surface area contributed by atoms with Crippen molar-refractivity contribution in [1.82, 2.24) is 4.90 Å². The van der Waals surface area contributed by atoms with Gasteiger partial charge in [-0.3, -0.25) is 4.90 Å². The van der Waals surface area contributed by atoms with Crippen LogP contribution in [-0.2, 0) is 0 Å². The highest BCUT2D eigenvalue weighted by Crippen LogP contribution is 2.75. The van der Waals surface area contributed by atoms with Crippen LogP contribution in [0.4, 0.5) is 0 Å². The Morgan fingerprint density at radius 1 is 1.09 bits per heavy atom. The summed E-state index contributed by atoms with van der Waals surface area (Å²) in [5, 5.41) is 0. The van der Waals surface area contributed by atoms with Gasteiger partial charge in [0.2, 0.25) is 0 Å². The molecule has 3 heterocycles. The minimum absolute atomic E-state index is 0.669. The summed E-state index contributed by atoms with van der Waals surface area (Å²) in [5.41, 5.74) is 1.40. The van der Waals surface area contributed by atoms with Crippen LogP contribution in [0.1, 0.15) is 78.6 Å². The lowest BCUT2D eigenvalue weighted by atomic mass is 9.49. The van der Waals surface area contributed by atoms with Gasteiger partial charge in [0.15, 0.2) is 0 Å². The molecule has 5 aliphatic rings. The van der Waals surface area contributed by atoms with Crippen LogP contribution in [0.25, 0.3) is 0 Å². The highest BCUT2D eigenvalue weighted by Gasteiger charge is 2.75. The van der Waals surface area contributed by atoms with E-state index in [1.807, 2.05) is 0 Å². The van der Waals surface area contributed by atoms with Crippen LogP contribution < -0.4 is 0 Å². The van der Waals surface area contributed by atoms with Crippen LogP contribution in [0.5, 0.6) is 0 Å². The van der Waals surface area contributed by atoms with Gasteiger partial charge in [-0.25, -0.2) is 0 Å². The first-order valence-corrected chi connectivity index (χ1v) is 10.4. The third-order valence-electron chi connectivity index (χ3n) is 9.25. The van der Waals surface area contributed by atoms with Crippen LogP contribution in [0, 0.1) is 35.0 Å². The lowest BCUT2D eigenvalue weighted by Gasteiger charge is -2.62. The molecule has 2 aliphatic carbocycles. The molecule has 5 bridgehead atoms. The molecule has 5 rings (SSSR count). The van der Waals surface area contributed by atoms with Gasteiger partial charge in [-0.05, 0) is 80.0 Å². The normalized spacial score (nSPS) is 58.4. The van der Waals surface area contributed by atoms with Crippen LogP contribution in [-0.4, -0.2) is 23.0 Å². The van der Waals surface area contributed by atoms with Gasteiger partial charge in [-0.2, -0.15) is 0 Å². The third-order valence-corrected chi connectivity index (χ3v) is 9.25. The van der Waals surface area contributed by atoms with E-state index in [0.717, 1.165) is 41.0 Å². The first kappa shape index (κ1) is 14.3. The van der Waals surface area contributed by atoms with Crippen molar-refractivity contribution in [3.05, 3.63) is 0 Å². The van der Waals surface area contributed by atoms with Crippen molar-refractivity contribution in [2.75, 3.05) is 6.54 Å². The molecule has 0 aromatic carbocycles. The summed E-state index contributed by atoms with van der Waals surface area (Å²) in [6.45, 7) is 8.99. The number of hydrogen-bond donors (Lipinski definition) is 0. The number of rotatable bonds is 3. The Balaban J connectivity index is 1.70. The summed E-state index contributed by atoms with van der Waals surface area (Å²) in [6.07, 6.45) is 13.9. The van der Waals surface area contributed by atoms with Crippen LogP contribution in [0.3, 0.4) is 0 Å². The molecule has 3 saturated heterocycles. The standard InChI is InChI=1S/C21H35N/c1-4-10-21-17-8-7-16(14(2)3)19(21)22-13-15(17)9-12-20(22)11-5-6-18(20)21/h14-19H,4-13H2,1-3H3/t15-,16-,17+,18-,19+,20-,21?/m1/s1. The van der Waals surface area contributed by atoms with Gasteiger partial charge in [-0.1, -0.05) is 33.6 Å². The molecule has 124 valence electrons.